The van der Waals surface area contributed by atoms with Crippen LogP contribution >= 0.6 is 0 Å². The van der Waals surface area contributed by atoms with Crippen molar-refractivity contribution in [3.05, 3.63) is 42.0 Å². The lowest BCUT2D eigenvalue weighted by atomic mass is 9.69. The summed E-state index contributed by atoms with van der Waals surface area (Å²) in [6.07, 6.45) is 7.16. The Morgan fingerprint density at radius 1 is 1.22 bits per heavy atom. The van der Waals surface area contributed by atoms with Crippen LogP contribution in [0.1, 0.15) is 72.3 Å². The number of benzene rings is 1. The number of fused-ring (bicyclic) bond motifs is 4. The predicted octanol–water partition coefficient (Wildman–Crippen LogP) is 5.85. The van der Waals surface area contributed by atoms with Gasteiger partial charge in [-0.2, -0.15) is 0 Å². The van der Waals surface area contributed by atoms with E-state index in [0.29, 0.717) is 30.5 Å². The van der Waals surface area contributed by atoms with Crippen molar-refractivity contribution in [3.8, 4) is 0 Å². The van der Waals surface area contributed by atoms with E-state index < -0.39 is 5.60 Å². The highest BCUT2D eigenvalue weighted by Crippen LogP contribution is 2.65. The number of rotatable bonds is 7. The molecule has 4 nitrogen and oxygen atoms in total. The van der Waals surface area contributed by atoms with Gasteiger partial charge >= 0.3 is 5.97 Å². The molecule has 3 aliphatic rings. The fourth-order valence-electron chi connectivity index (χ4n) is 6.85. The maximum absolute atomic E-state index is 13.0. The predicted molar refractivity (Wildman–Crippen MR) is 126 cm³/mol. The average Bonchev–Trinajstić information content (AvgIpc) is 3.28. The molecule has 0 spiro atoms. The van der Waals surface area contributed by atoms with E-state index in [1.807, 2.05) is 43.3 Å². The fraction of sp³-hybridized carbons (Fsp3) is 0.643. The number of esters is 1. The average molecular weight is 439 g/mol. The highest BCUT2D eigenvalue weighted by Gasteiger charge is 2.70. The summed E-state index contributed by atoms with van der Waals surface area (Å²) in [5, 5.41) is 0. The molecule has 1 aliphatic carbocycles. The first-order chi connectivity index (χ1) is 15.2. The summed E-state index contributed by atoms with van der Waals surface area (Å²) in [5.41, 5.74) is 0.109. The van der Waals surface area contributed by atoms with Gasteiger partial charge in [0.2, 0.25) is 0 Å². The zero-order valence-corrected chi connectivity index (χ0v) is 20.2. The second-order valence-electron chi connectivity index (χ2n) is 10.7. The number of carbonyl (C=O) groups is 2. The Kier molecular flexibility index (Phi) is 6.37. The van der Waals surface area contributed by atoms with Crippen molar-refractivity contribution in [1.82, 2.24) is 0 Å². The first kappa shape index (κ1) is 23.2. The molecule has 0 aromatic heterocycles. The van der Waals surface area contributed by atoms with Crippen LogP contribution in [0.2, 0.25) is 0 Å². The normalized spacial score (nSPS) is 38.2. The summed E-state index contributed by atoms with van der Waals surface area (Å²) in [7, 11) is 0. The van der Waals surface area contributed by atoms with E-state index in [2.05, 4.69) is 27.7 Å². The maximum Gasteiger partial charge on any atom is 0.331 e. The monoisotopic (exact) mass is 438 g/mol. The molecular formula is C28H38O4. The summed E-state index contributed by atoms with van der Waals surface area (Å²) in [4.78, 5) is 25.4. The third kappa shape index (κ3) is 3.85. The molecule has 1 aromatic rings. The fourth-order valence-corrected chi connectivity index (χ4v) is 6.85. The Bertz CT molecular complexity index is 875. The molecule has 32 heavy (non-hydrogen) atoms. The minimum Gasteiger partial charge on any atom is -0.456 e. The highest BCUT2D eigenvalue weighted by molar-refractivity contribution is 5.87. The summed E-state index contributed by atoms with van der Waals surface area (Å²) in [6, 6.07) is 9.80. The quantitative estimate of drug-likeness (QED) is 0.396. The van der Waals surface area contributed by atoms with Gasteiger partial charge in [-0.3, -0.25) is 4.79 Å². The minimum absolute atomic E-state index is 0.179. The van der Waals surface area contributed by atoms with Crippen LogP contribution in [0.25, 0.3) is 6.08 Å². The highest BCUT2D eigenvalue weighted by atomic mass is 16.6. The van der Waals surface area contributed by atoms with Crippen molar-refractivity contribution in [3.63, 3.8) is 0 Å². The molecule has 2 aliphatic heterocycles. The summed E-state index contributed by atoms with van der Waals surface area (Å²) in [5.74, 6) is 1.42. The van der Waals surface area contributed by atoms with Crippen molar-refractivity contribution in [1.29, 1.82) is 0 Å². The number of hydrogen-bond donors (Lipinski definition) is 0. The number of ketones is 1. The molecule has 0 N–H and O–H groups in total. The van der Waals surface area contributed by atoms with E-state index in [1.54, 1.807) is 6.08 Å². The van der Waals surface area contributed by atoms with Gasteiger partial charge in [0, 0.05) is 24.8 Å². The Morgan fingerprint density at radius 3 is 2.59 bits per heavy atom. The first-order valence-electron chi connectivity index (χ1n) is 12.4. The molecule has 4 heteroatoms. The van der Waals surface area contributed by atoms with Gasteiger partial charge in [-0.15, -0.1) is 0 Å². The molecular weight excluding hydrogens is 400 g/mol. The van der Waals surface area contributed by atoms with Gasteiger partial charge in [0.1, 0.15) is 17.5 Å². The first-order valence-corrected chi connectivity index (χ1v) is 12.4. The van der Waals surface area contributed by atoms with E-state index >= 15 is 0 Å². The molecule has 7 atom stereocenters. The van der Waals surface area contributed by atoms with Crippen LogP contribution in [0, 0.1) is 29.6 Å². The molecule has 2 saturated heterocycles. The van der Waals surface area contributed by atoms with Gasteiger partial charge in [-0.05, 0) is 61.5 Å². The summed E-state index contributed by atoms with van der Waals surface area (Å²) in [6.45, 7) is 10.8. The van der Waals surface area contributed by atoms with E-state index in [-0.39, 0.29) is 35.4 Å². The molecule has 2 heterocycles. The van der Waals surface area contributed by atoms with E-state index in [9.17, 15) is 9.59 Å². The molecule has 174 valence electrons. The Balaban J connectivity index is 1.65. The van der Waals surface area contributed by atoms with Gasteiger partial charge in [0.15, 0.2) is 0 Å². The van der Waals surface area contributed by atoms with Crippen molar-refractivity contribution >= 4 is 17.8 Å². The Morgan fingerprint density at radius 2 is 1.94 bits per heavy atom. The van der Waals surface area contributed by atoms with E-state index in [4.69, 9.17) is 9.47 Å². The standard InChI is InChI=1S/C28H38O4/c1-6-22(29)16-21-17-28(18(2)3)26(25-19(4)12-14-23(25)27(21,5)32-28)31-24(30)15-13-20-10-8-7-9-11-20/h7-11,13,15,18-19,21,23,25-26H,6,12,14,16-17H2,1-5H3/b15-13+. The van der Waals surface area contributed by atoms with Gasteiger partial charge in [-0.1, -0.05) is 58.0 Å². The second-order valence-corrected chi connectivity index (χ2v) is 10.7. The van der Waals surface area contributed by atoms with Gasteiger partial charge in [0.05, 0.1) is 5.60 Å². The lowest BCUT2D eigenvalue weighted by Gasteiger charge is -2.53. The van der Waals surface area contributed by atoms with Crippen LogP contribution in [-0.4, -0.2) is 29.1 Å². The van der Waals surface area contributed by atoms with Crippen molar-refractivity contribution in [2.45, 2.75) is 84.0 Å². The molecule has 7 unspecified atom stereocenters. The van der Waals surface area contributed by atoms with Crippen molar-refractivity contribution in [2.75, 3.05) is 0 Å². The lowest BCUT2D eigenvalue weighted by molar-refractivity contribution is -0.261. The molecule has 1 saturated carbocycles. The summed E-state index contributed by atoms with van der Waals surface area (Å²) < 4.78 is 13.3. The minimum atomic E-state index is -0.538. The zero-order valence-electron chi connectivity index (χ0n) is 20.2. The summed E-state index contributed by atoms with van der Waals surface area (Å²) >= 11 is 0. The molecule has 1 aromatic carbocycles. The topological polar surface area (TPSA) is 52.6 Å². The Labute approximate surface area is 192 Å². The Hall–Kier alpha value is -1.94. The maximum atomic E-state index is 13.0. The lowest BCUT2D eigenvalue weighted by Crippen LogP contribution is -2.62. The van der Waals surface area contributed by atoms with Gasteiger partial charge < -0.3 is 9.47 Å². The SMILES string of the molecule is CCC(=O)CC1CC2(C(C)C)OC1(C)C1CCC(C)C1C2OC(=O)/C=C/c1ccccc1. The van der Waals surface area contributed by atoms with Crippen LogP contribution in [0.15, 0.2) is 36.4 Å². The van der Waals surface area contributed by atoms with E-state index in [0.717, 1.165) is 24.8 Å². The molecule has 4 rings (SSSR count). The van der Waals surface area contributed by atoms with E-state index in [1.165, 1.54) is 0 Å². The number of hydrogen-bond acceptors (Lipinski definition) is 4. The second kappa shape index (κ2) is 8.78. The zero-order chi connectivity index (χ0) is 23.1. The smallest absolute Gasteiger partial charge is 0.331 e. The molecule has 0 amide bonds. The molecule has 3 fully saturated rings. The van der Waals surface area contributed by atoms with Crippen LogP contribution in [0.5, 0.6) is 0 Å². The van der Waals surface area contributed by atoms with Crippen LogP contribution < -0.4 is 0 Å². The number of Topliss-reactive ketones (excluding diaryl/α,β-unsaturated/α-hetero) is 1. The van der Waals surface area contributed by atoms with Crippen molar-refractivity contribution < 1.29 is 19.1 Å². The molecule has 2 bridgehead atoms. The van der Waals surface area contributed by atoms with Crippen LogP contribution in [-0.2, 0) is 19.1 Å². The third-order valence-electron chi connectivity index (χ3n) is 8.71. The van der Waals surface area contributed by atoms with Gasteiger partial charge in [0.25, 0.3) is 0 Å². The third-order valence-corrected chi connectivity index (χ3v) is 8.71. The largest absolute Gasteiger partial charge is 0.456 e. The van der Waals surface area contributed by atoms with Crippen LogP contribution in [0.3, 0.4) is 0 Å². The number of ether oxygens (including phenoxy) is 2. The van der Waals surface area contributed by atoms with Crippen molar-refractivity contribution in [2.24, 2.45) is 29.6 Å². The van der Waals surface area contributed by atoms with Gasteiger partial charge in [-0.25, -0.2) is 4.79 Å². The molecule has 0 radical (unpaired) electrons. The number of carbonyl (C=O) groups excluding carboxylic acids is 2. The van der Waals surface area contributed by atoms with Crippen LogP contribution in [0.4, 0.5) is 0 Å².